The van der Waals surface area contributed by atoms with Crippen LogP contribution in [0.25, 0.3) is 10.9 Å². The van der Waals surface area contributed by atoms with E-state index in [2.05, 4.69) is 24.6 Å². The molecule has 1 fully saturated rings. The topological polar surface area (TPSA) is 100 Å². The average molecular weight is 351 g/mol. The van der Waals surface area contributed by atoms with Crippen molar-refractivity contribution in [1.29, 1.82) is 0 Å². The minimum Gasteiger partial charge on any atom is -0.481 e. The number of rotatable bonds is 6. The molecule has 0 spiro atoms. The van der Waals surface area contributed by atoms with E-state index in [-0.39, 0.29) is 0 Å². The number of nitrogens with one attached hydrogen (secondary N) is 1. The Hall–Kier alpha value is -1.84. The summed E-state index contributed by atoms with van der Waals surface area (Å²) >= 11 is -1.92. The van der Waals surface area contributed by atoms with Gasteiger partial charge >= 0.3 is 0 Å². The van der Waals surface area contributed by atoms with Crippen molar-refractivity contribution in [2.75, 3.05) is 31.6 Å². The van der Waals surface area contributed by atoms with Gasteiger partial charge in [0.2, 0.25) is 17.1 Å². The van der Waals surface area contributed by atoms with Crippen LogP contribution in [0.3, 0.4) is 0 Å². The number of fused-ring (bicyclic) bond motifs is 1. The summed E-state index contributed by atoms with van der Waals surface area (Å²) in [6, 6.07) is 1.87. The van der Waals surface area contributed by atoms with Crippen LogP contribution in [-0.4, -0.2) is 50.5 Å². The van der Waals surface area contributed by atoms with Gasteiger partial charge in [-0.25, -0.2) is 23.9 Å². The molecule has 3 rings (SSSR count). The number of hydrogen-bond donors (Lipinski definition) is 2. The van der Waals surface area contributed by atoms with Gasteiger partial charge in [-0.1, -0.05) is 0 Å². The van der Waals surface area contributed by atoms with Crippen molar-refractivity contribution < 1.29 is 13.5 Å². The van der Waals surface area contributed by atoms with Crippen LogP contribution in [0.15, 0.2) is 18.6 Å². The number of aromatic nitrogens is 3. The van der Waals surface area contributed by atoms with Crippen molar-refractivity contribution in [2.45, 2.75) is 19.3 Å². The van der Waals surface area contributed by atoms with Crippen molar-refractivity contribution >= 4 is 28.0 Å². The molecule has 0 bridgehead atoms. The molecule has 24 heavy (non-hydrogen) atoms. The zero-order valence-corrected chi connectivity index (χ0v) is 14.3. The number of nitrogens with zero attached hydrogens (tertiary/aromatic N) is 4. The van der Waals surface area contributed by atoms with E-state index in [0.717, 1.165) is 49.1 Å². The second-order valence-electron chi connectivity index (χ2n) is 5.80. The fraction of sp³-hybridized carbons (Fsp3) is 0.533. The highest BCUT2D eigenvalue weighted by molar-refractivity contribution is 7.77. The lowest BCUT2D eigenvalue weighted by molar-refractivity contribution is 0.380. The van der Waals surface area contributed by atoms with Crippen LogP contribution in [-0.2, 0) is 11.3 Å². The Bertz CT molecular complexity index is 721. The predicted octanol–water partition coefficient (Wildman–Crippen LogP) is 1.37. The summed E-state index contributed by atoms with van der Waals surface area (Å²) in [4.78, 5) is 15.2. The lowest BCUT2D eigenvalue weighted by Crippen LogP contribution is -2.35. The fourth-order valence-electron chi connectivity index (χ4n) is 3.07. The second-order valence-corrected chi connectivity index (χ2v) is 6.59. The fourth-order valence-corrected chi connectivity index (χ4v) is 3.37. The van der Waals surface area contributed by atoms with Gasteiger partial charge in [-0.3, -0.25) is 4.55 Å². The molecule has 1 saturated heterocycles. The Morgan fingerprint density at radius 3 is 2.88 bits per heavy atom. The first kappa shape index (κ1) is 17.0. The van der Waals surface area contributed by atoms with E-state index < -0.39 is 11.3 Å². The van der Waals surface area contributed by atoms with Gasteiger partial charge < -0.3 is 9.64 Å². The third kappa shape index (κ3) is 3.97. The quantitative estimate of drug-likeness (QED) is 0.758. The van der Waals surface area contributed by atoms with E-state index in [1.807, 2.05) is 6.07 Å². The predicted molar refractivity (Wildman–Crippen MR) is 92.2 cm³/mol. The molecule has 1 aliphatic heterocycles. The first-order valence-corrected chi connectivity index (χ1v) is 9.02. The minimum atomic E-state index is -1.92. The number of hydrogen-bond acceptors (Lipinski definition) is 6. The van der Waals surface area contributed by atoms with Gasteiger partial charge in [-0.05, 0) is 25.2 Å². The van der Waals surface area contributed by atoms with E-state index in [0.29, 0.717) is 18.3 Å². The SMILES string of the molecule is COc1cc2c(N3CCC(CCNS(=O)O)CC3)ncnc2cn1. The smallest absolute Gasteiger partial charge is 0.231 e. The van der Waals surface area contributed by atoms with Gasteiger partial charge in [0, 0.05) is 31.1 Å². The molecule has 2 N–H and O–H groups in total. The summed E-state index contributed by atoms with van der Waals surface area (Å²) in [6.07, 6.45) is 6.24. The summed E-state index contributed by atoms with van der Waals surface area (Å²) in [5, 5.41) is 0.945. The average Bonchev–Trinajstić information content (AvgIpc) is 2.61. The van der Waals surface area contributed by atoms with E-state index in [1.54, 1.807) is 19.6 Å². The van der Waals surface area contributed by atoms with Gasteiger partial charge in [0.05, 0.1) is 18.8 Å². The van der Waals surface area contributed by atoms with Crippen LogP contribution >= 0.6 is 0 Å². The molecule has 9 heteroatoms. The third-order valence-electron chi connectivity index (χ3n) is 4.38. The molecule has 8 nitrogen and oxygen atoms in total. The molecule has 0 saturated carbocycles. The Morgan fingerprint density at radius 2 is 2.17 bits per heavy atom. The molecule has 1 aliphatic rings. The summed E-state index contributed by atoms with van der Waals surface area (Å²) in [5.41, 5.74) is 0.803. The van der Waals surface area contributed by atoms with E-state index in [1.165, 1.54) is 0 Å². The third-order valence-corrected chi connectivity index (χ3v) is 4.83. The number of anilines is 1. The Morgan fingerprint density at radius 1 is 1.38 bits per heavy atom. The molecule has 0 radical (unpaired) electrons. The maximum absolute atomic E-state index is 10.6. The van der Waals surface area contributed by atoms with Crippen LogP contribution < -0.4 is 14.4 Å². The van der Waals surface area contributed by atoms with Gasteiger partial charge in [-0.15, -0.1) is 0 Å². The maximum atomic E-state index is 10.6. The highest BCUT2D eigenvalue weighted by Crippen LogP contribution is 2.29. The van der Waals surface area contributed by atoms with E-state index in [4.69, 9.17) is 9.29 Å². The van der Waals surface area contributed by atoms with Crippen molar-refractivity contribution in [3.8, 4) is 5.88 Å². The number of pyridine rings is 1. The Balaban J connectivity index is 1.68. The molecule has 1 atom stereocenters. The highest BCUT2D eigenvalue weighted by Gasteiger charge is 2.22. The van der Waals surface area contributed by atoms with Crippen molar-refractivity contribution in [3.63, 3.8) is 0 Å². The standard InChI is InChI=1S/C15H21N5O3S/c1-23-14-8-12-13(9-16-14)17-10-18-15(12)20-6-3-11(4-7-20)2-5-19-24(21)22/h8-11,19H,2-7H2,1H3,(H,21,22). The van der Waals surface area contributed by atoms with Crippen LogP contribution in [0.2, 0.25) is 0 Å². The lowest BCUT2D eigenvalue weighted by Gasteiger charge is -2.33. The molecule has 0 amide bonds. The molecule has 2 aromatic rings. The van der Waals surface area contributed by atoms with Gasteiger partial charge in [0.15, 0.2) is 0 Å². The second kappa shape index (κ2) is 7.82. The minimum absolute atomic E-state index is 0.552. The van der Waals surface area contributed by atoms with Gasteiger partial charge in [0.25, 0.3) is 0 Å². The molecule has 0 aromatic carbocycles. The molecule has 130 valence electrons. The maximum Gasteiger partial charge on any atom is 0.231 e. The molecule has 3 heterocycles. The van der Waals surface area contributed by atoms with Gasteiger partial charge in [-0.2, -0.15) is 0 Å². The first-order valence-electron chi connectivity index (χ1n) is 7.91. The van der Waals surface area contributed by atoms with Crippen molar-refractivity contribution in [1.82, 2.24) is 19.7 Å². The largest absolute Gasteiger partial charge is 0.481 e. The van der Waals surface area contributed by atoms with Crippen molar-refractivity contribution in [3.05, 3.63) is 18.6 Å². The summed E-state index contributed by atoms with van der Waals surface area (Å²) in [7, 11) is 1.59. The zero-order valence-electron chi connectivity index (χ0n) is 13.5. The molecular weight excluding hydrogens is 330 g/mol. The van der Waals surface area contributed by atoms with E-state index in [9.17, 15) is 4.21 Å². The molecule has 1 unspecified atom stereocenters. The number of methoxy groups -OCH3 is 1. The zero-order chi connectivity index (χ0) is 16.9. The first-order chi connectivity index (χ1) is 11.7. The van der Waals surface area contributed by atoms with Crippen LogP contribution in [0.4, 0.5) is 5.82 Å². The van der Waals surface area contributed by atoms with Crippen LogP contribution in [0.5, 0.6) is 5.88 Å². The Kier molecular flexibility index (Phi) is 5.54. The summed E-state index contributed by atoms with van der Waals surface area (Å²) in [6.45, 7) is 2.38. The highest BCUT2D eigenvalue weighted by atomic mass is 32.2. The van der Waals surface area contributed by atoms with Crippen molar-refractivity contribution in [2.24, 2.45) is 5.92 Å². The molecule has 0 aliphatic carbocycles. The normalized spacial score (nSPS) is 17.2. The monoisotopic (exact) mass is 351 g/mol. The summed E-state index contributed by atoms with van der Waals surface area (Å²) in [5.74, 6) is 2.02. The Labute approximate surface area is 143 Å². The van der Waals surface area contributed by atoms with E-state index >= 15 is 0 Å². The molecular formula is C15H21N5O3S. The van der Waals surface area contributed by atoms with Crippen LogP contribution in [0, 0.1) is 5.92 Å². The number of piperidine rings is 1. The van der Waals surface area contributed by atoms with Crippen LogP contribution in [0.1, 0.15) is 19.3 Å². The number of ether oxygens (including phenoxy) is 1. The summed E-state index contributed by atoms with van der Waals surface area (Å²) < 4.78 is 27.1. The lowest BCUT2D eigenvalue weighted by atomic mass is 9.93. The van der Waals surface area contributed by atoms with Gasteiger partial charge in [0.1, 0.15) is 12.1 Å². The molecule has 2 aromatic heterocycles.